The van der Waals surface area contributed by atoms with Crippen LogP contribution in [0.25, 0.3) is 0 Å². The van der Waals surface area contributed by atoms with Crippen LogP contribution in [-0.2, 0) is 9.53 Å². The second kappa shape index (κ2) is 8.52. The number of rotatable bonds is 4. The van der Waals surface area contributed by atoms with Crippen molar-refractivity contribution in [3.05, 3.63) is 23.8 Å². The van der Waals surface area contributed by atoms with Crippen molar-refractivity contribution in [2.45, 2.75) is 90.8 Å². The summed E-state index contributed by atoms with van der Waals surface area (Å²) < 4.78 is 6.49. The Morgan fingerprint density at radius 3 is 2.73 bits per heavy atom. The van der Waals surface area contributed by atoms with Crippen LogP contribution in [0.5, 0.6) is 0 Å². The van der Waals surface area contributed by atoms with Crippen LogP contribution in [0, 0.1) is 40.4 Å². The number of likely N-dealkylation sites (tertiary alicyclic amines) is 1. The summed E-state index contributed by atoms with van der Waals surface area (Å²) in [7, 11) is 4.40. The van der Waals surface area contributed by atoms with E-state index in [2.05, 4.69) is 58.1 Å². The van der Waals surface area contributed by atoms with Crippen LogP contribution in [-0.4, -0.2) is 49.7 Å². The third-order valence-corrected chi connectivity index (χ3v) is 11.0. The maximum absolute atomic E-state index is 13.0. The summed E-state index contributed by atoms with van der Waals surface area (Å²) in [5, 5.41) is 3.54. The molecule has 0 aromatic heterocycles. The van der Waals surface area contributed by atoms with E-state index in [9.17, 15) is 4.79 Å². The molecule has 5 aliphatic rings. The van der Waals surface area contributed by atoms with E-state index in [1.54, 1.807) is 11.6 Å². The van der Waals surface area contributed by atoms with E-state index in [0.29, 0.717) is 35.8 Å². The highest BCUT2D eigenvalue weighted by molar-refractivity contribution is 5.82. The Labute approximate surface area is 201 Å². The number of hydrogen-bond acceptors (Lipinski definition) is 4. The van der Waals surface area contributed by atoms with Crippen LogP contribution >= 0.6 is 0 Å². The highest BCUT2D eigenvalue weighted by Gasteiger charge is 2.68. The van der Waals surface area contributed by atoms with Crippen molar-refractivity contribution in [3.63, 3.8) is 0 Å². The first-order valence-electron chi connectivity index (χ1n) is 13.7. The SMILES string of the molecule is CNC1CCC2(C)C(=CCC3C2CC(OC(=O)C=CC(C)C)C24CN(C)C(C)C2CCC34)C1. The van der Waals surface area contributed by atoms with E-state index in [0.717, 1.165) is 18.9 Å². The van der Waals surface area contributed by atoms with E-state index in [1.807, 2.05) is 6.08 Å². The van der Waals surface area contributed by atoms with Crippen molar-refractivity contribution in [2.75, 3.05) is 20.6 Å². The van der Waals surface area contributed by atoms with Crippen LogP contribution in [0.15, 0.2) is 23.8 Å². The van der Waals surface area contributed by atoms with Crippen molar-refractivity contribution in [1.82, 2.24) is 10.2 Å². The molecule has 1 spiro atoms. The third-order valence-electron chi connectivity index (χ3n) is 11.0. The molecule has 0 bridgehead atoms. The molecule has 9 unspecified atom stereocenters. The van der Waals surface area contributed by atoms with Gasteiger partial charge in [-0.15, -0.1) is 0 Å². The molecule has 4 aliphatic carbocycles. The van der Waals surface area contributed by atoms with E-state index in [-0.39, 0.29) is 22.9 Å². The highest BCUT2D eigenvalue weighted by atomic mass is 16.5. The predicted molar refractivity (Wildman–Crippen MR) is 134 cm³/mol. The number of nitrogens with zero attached hydrogens (tertiary/aromatic N) is 1. The van der Waals surface area contributed by atoms with Gasteiger partial charge >= 0.3 is 5.97 Å². The smallest absolute Gasteiger partial charge is 0.330 e. The molecule has 0 amide bonds. The summed E-state index contributed by atoms with van der Waals surface area (Å²) in [5.41, 5.74) is 2.09. The Morgan fingerprint density at radius 2 is 2.00 bits per heavy atom. The molecule has 33 heavy (non-hydrogen) atoms. The number of fused-ring (bicyclic) bond motifs is 4. The van der Waals surface area contributed by atoms with Gasteiger partial charge < -0.3 is 15.0 Å². The maximum atomic E-state index is 13.0. The van der Waals surface area contributed by atoms with Gasteiger partial charge in [0.2, 0.25) is 0 Å². The molecule has 3 saturated carbocycles. The lowest BCUT2D eigenvalue weighted by molar-refractivity contribution is -0.173. The zero-order valence-corrected chi connectivity index (χ0v) is 21.8. The summed E-state index contributed by atoms with van der Waals surface area (Å²) >= 11 is 0. The molecule has 0 aromatic rings. The molecule has 9 atom stereocenters. The zero-order chi connectivity index (χ0) is 23.5. The molecule has 1 aliphatic heterocycles. The van der Waals surface area contributed by atoms with E-state index in [1.165, 1.54) is 38.5 Å². The fourth-order valence-corrected chi connectivity index (χ4v) is 9.25. The van der Waals surface area contributed by atoms with Gasteiger partial charge in [0.05, 0.1) is 0 Å². The number of ether oxygens (including phenoxy) is 1. The minimum Gasteiger partial charge on any atom is -0.459 e. The average molecular weight is 455 g/mol. The van der Waals surface area contributed by atoms with E-state index >= 15 is 0 Å². The van der Waals surface area contributed by atoms with Gasteiger partial charge in [0.15, 0.2) is 0 Å². The molecule has 1 heterocycles. The molecular weight excluding hydrogens is 408 g/mol. The monoisotopic (exact) mass is 454 g/mol. The highest BCUT2D eigenvalue weighted by Crippen LogP contribution is 2.69. The largest absolute Gasteiger partial charge is 0.459 e. The van der Waals surface area contributed by atoms with Gasteiger partial charge in [-0.25, -0.2) is 4.79 Å². The summed E-state index contributed by atoms with van der Waals surface area (Å²) in [6, 6.07) is 1.20. The van der Waals surface area contributed by atoms with Gasteiger partial charge in [0.1, 0.15) is 6.10 Å². The number of carbonyl (C=O) groups excluding carboxylic acids is 1. The third kappa shape index (κ3) is 3.57. The normalized spacial score (nSPS) is 47.1. The number of allylic oxidation sites excluding steroid dienone is 2. The number of nitrogens with one attached hydrogen (secondary N) is 1. The lowest BCUT2D eigenvalue weighted by Gasteiger charge is -2.60. The molecule has 4 nitrogen and oxygen atoms in total. The first-order valence-corrected chi connectivity index (χ1v) is 13.7. The Balaban J connectivity index is 1.50. The van der Waals surface area contributed by atoms with Gasteiger partial charge in [0.25, 0.3) is 0 Å². The van der Waals surface area contributed by atoms with Crippen molar-refractivity contribution >= 4 is 5.97 Å². The molecular formula is C29H46N2O2. The molecule has 1 saturated heterocycles. The zero-order valence-electron chi connectivity index (χ0n) is 21.8. The molecule has 1 N–H and O–H groups in total. The number of hydrogen-bond donors (Lipinski definition) is 1. The fraction of sp³-hybridized carbons (Fsp3) is 0.828. The molecule has 0 aromatic carbocycles. The maximum Gasteiger partial charge on any atom is 0.330 e. The molecule has 5 rings (SSSR count). The fourth-order valence-electron chi connectivity index (χ4n) is 9.25. The van der Waals surface area contributed by atoms with Crippen LogP contribution in [0.3, 0.4) is 0 Å². The molecule has 4 heteroatoms. The minimum atomic E-state index is -0.122. The first-order chi connectivity index (χ1) is 15.7. The van der Waals surface area contributed by atoms with E-state index < -0.39 is 0 Å². The topological polar surface area (TPSA) is 41.6 Å². The van der Waals surface area contributed by atoms with Gasteiger partial charge in [-0.05, 0) is 101 Å². The summed E-state index contributed by atoms with van der Waals surface area (Å²) in [5.74, 6) is 2.95. The summed E-state index contributed by atoms with van der Waals surface area (Å²) in [6.45, 7) is 10.3. The van der Waals surface area contributed by atoms with Gasteiger partial charge in [0, 0.05) is 30.1 Å². The predicted octanol–water partition coefficient (Wildman–Crippen LogP) is 5.20. The van der Waals surface area contributed by atoms with Gasteiger partial charge in [-0.1, -0.05) is 38.5 Å². The second-order valence-electron chi connectivity index (χ2n) is 12.7. The Morgan fingerprint density at radius 1 is 1.24 bits per heavy atom. The lowest BCUT2D eigenvalue weighted by atomic mass is 9.46. The van der Waals surface area contributed by atoms with Crippen LogP contribution in [0.1, 0.15) is 72.6 Å². The Bertz CT molecular complexity index is 833. The first kappa shape index (κ1) is 23.6. The quantitative estimate of drug-likeness (QED) is 0.360. The van der Waals surface area contributed by atoms with Crippen LogP contribution in [0.2, 0.25) is 0 Å². The Kier molecular flexibility index (Phi) is 6.09. The molecule has 184 valence electrons. The molecule has 0 radical (unpaired) electrons. The van der Waals surface area contributed by atoms with Crippen molar-refractivity contribution in [1.29, 1.82) is 0 Å². The molecule has 4 fully saturated rings. The van der Waals surface area contributed by atoms with Gasteiger partial charge in [-0.2, -0.15) is 0 Å². The van der Waals surface area contributed by atoms with Gasteiger partial charge in [-0.3, -0.25) is 0 Å². The number of carbonyl (C=O) groups is 1. The second-order valence-corrected chi connectivity index (χ2v) is 12.7. The standard InChI is InChI=1S/C29H46N2O2/c1-18(2)7-12-27(32)33-26-16-25-22(9-8-20-15-21(30-5)13-14-28(20,25)4)24-11-10-23-19(3)31(6)17-29(23,24)26/h7-8,12,18-19,21-26,30H,9-11,13-17H2,1-6H3. The average Bonchev–Trinajstić information content (AvgIpc) is 3.27. The van der Waals surface area contributed by atoms with Crippen LogP contribution < -0.4 is 5.32 Å². The number of esters is 1. The van der Waals surface area contributed by atoms with E-state index in [4.69, 9.17) is 4.74 Å². The van der Waals surface area contributed by atoms with Crippen molar-refractivity contribution in [3.8, 4) is 0 Å². The minimum absolute atomic E-state index is 0.0474. The Hall–Kier alpha value is -1.13. The lowest BCUT2D eigenvalue weighted by Crippen LogP contribution is -2.59. The van der Waals surface area contributed by atoms with Crippen molar-refractivity contribution < 1.29 is 9.53 Å². The van der Waals surface area contributed by atoms with Crippen molar-refractivity contribution in [2.24, 2.45) is 40.4 Å². The summed E-state index contributed by atoms with van der Waals surface area (Å²) in [4.78, 5) is 15.6. The van der Waals surface area contributed by atoms with Crippen LogP contribution in [0.4, 0.5) is 0 Å². The summed E-state index contributed by atoms with van der Waals surface area (Å²) in [6.07, 6.45) is 15.0.